The molecule has 1 aromatic carbocycles. The van der Waals surface area contributed by atoms with Crippen LogP contribution in [0.25, 0.3) is 0 Å². The Bertz CT molecular complexity index is 718. The summed E-state index contributed by atoms with van der Waals surface area (Å²) in [4.78, 5) is 48.1. The number of hydrogen-bond acceptors (Lipinski definition) is 6. The van der Waals surface area contributed by atoms with E-state index in [9.17, 15) is 24.3 Å². The molecule has 0 saturated carbocycles. The van der Waals surface area contributed by atoms with Crippen LogP contribution in [0.3, 0.4) is 0 Å². The SMILES string of the molecule is COC(=O)C(C(=O)OC)[C@@H](C)[C@@H](NC(=O)c1ccc(C(C)(C)C)cc1)C(=O)O. The molecule has 0 unspecified atom stereocenters. The molecule has 0 bridgehead atoms. The van der Waals surface area contributed by atoms with E-state index < -0.39 is 41.7 Å². The molecule has 0 aromatic heterocycles. The van der Waals surface area contributed by atoms with Gasteiger partial charge in [-0.25, -0.2) is 4.79 Å². The Balaban J connectivity index is 3.08. The van der Waals surface area contributed by atoms with Crippen molar-refractivity contribution in [2.45, 2.75) is 39.2 Å². The molecular weight excluding hydrogens is 366 g/mol. The molecule has 1 rings (SSSR count). The standard InChI is InChI=1S/C20H27NO7/c1-11(14(18(25)27-5)19(26)28-6)15(17(23)24)21-16(22)12-7-9-13(10-8-12)20(2,3)4/h7-11,14-15H,1-6H3,(H,21,22)(H,23,24)/t11-,15-/m1/s1. The van der Waals surface area contributed by atoms with Crippen molar-refractivity contribution in [1.82, 2.24) is 5.32 Å². The first-order valence-electron chi connectivity index (χ1n) is 8.73. The Morgan fingerprint density at radius 2 is 1.43 bits per heavy atom. The first kappa shape index (κ1) is 23.1. The number of carbonyl (C=O) groups is 4. The van der Waals surface area contributed by atoms with E-state index in [4.69, 9.17) is 0 Å². The predicted octanol–water partition coefficient (Wildman–Crippen LogP) is 1.77. The fourth-order valence-electron chi connectivity index (χ4n) is 2.74. The van der Waals surface area contributed by atoms with Gasteiger partial charge >= 0.3 is 17.9 Å². The van der Waals surface area contributed by atoms with Crippen molar-refractivity contribution in [3.05, 3.63) is 35.4 Å². The van der Waals surface area contributed by atoms with Gasteiger partial charge in [0.1, 0.15) is 6.04 Å². The molecule has 1 amide bonds. The van der Waals surface area contributed by atoms with E-state index >= 15 is 0 Å². The summed E-state index contributed by atoms with van der Waals surface area (Å²) in [7, 11) is 2.16. The largest absolute Gasteiger partial charge is 0.480 e. The topological polar surface area (TPSA) is 119 Å². The number of esters is 2. The number of hydrogen-bond donors (Lipinski definition) is 2. The van der Waals surface area contributed by atoms with E-state index in [1.165, 1.54) is 6.92 Å². The zero-order valence-corrected chi connectivity index (χ0v) is 16.9. The minimum atomic E-state index is -1.50. The van der Waals surface area contributed by atoms with Gasteiger partial charge in [-0.2, -0.15) is 0 Å². The normalized spacial score (nSPS) is 13.4. The molecule has 0 radical (unpaired) electrons. The molecule has 2 atom stereocenters. The van der Waals surface area contributed by atoms with Gasteiger partial charge in [-0.3, -0.25) is 14.4 Å². The van der Waals surface area contributed by atoms with Gasteiger partial charge in [-0.15, -0.1) is 0 Å². The van der Waals surface area contributed by atoms with Gasteiger partial charge in [-0.05, 0) is 23.1 Å². The van der Waals surface area contributed by atoms with Crippen molar-refractivity contribution < 1.29 is 33.8 Å². The maximum absolute atomic E-state index is 12.5. The lowest BCUT2D eigenvalue weighted by molar-refractivity contribution is -0.162. The highest BCUT2D eigenvalue weighted by atomic mass is 16.5. The lowest BCUT2D eigenvalue weighted by Crippen LogP contribution is -2.50. The zero-order chi connectivity index (χ0) is 21.6. The number of methoxy groups -OCH3 is 2. The first-order valence-corrected chi connectivity index (χ1v) is 8.73. The van der Waals surface area contributed by atoms with Crippen molar-refractivity contribution in [3.63, 3.8) is 0 Å². The molecule has 1 aromatic rings. The maximum atomic E-state index is 12.5. The fraction of sp³-hybridized carbons (Fsp3) is 0.500. The van der Waals surface area contributed by atoms with Gasteiger partial charge in [-0.1, -0.05) is 39.8 Å². The summed E-state index contributed by atoms with van der Waals surface area (Å²) in [6.45, 7) is 7.46. The zero-order valence-electron chi connectivity index (χ0n) is 16.9. The molecule has 28 heavy (non-hydrogen) atoms. The van der Waals surface area contributed by atoms with Gasteiger partial charge in [0.2, 0.25) is 0 Å². The fourth-order valence-corrected chi connectivity index (χ4v) is 2.74. The molecule has 0 fully saturated rings. The van der Waals surface area contributed by atoms with Crippen LogP contribution in [0.2, 0.25) is 0 Å². The van der Waals surface area contributed by atoms with Crippen molar-refractivity contribution in [2.24, 2.45) is 11.8 Å². The van der Waals surface area contributed by atoms with Crippen LogP contribution < -0.4 is 5.32 Å². The van der Waals surface area contributed by atoms with E-state index in [2.05, 4.69) is 14.8 Å². The molecule has 0 spiro atoms. The number of benzene rings is 1. The molecule has 8 nitrogen and oxygen atoms in total. The summed E-state index contributed by atoms with van der Waals surface area (Å²) in [5.41, 5.74) is 1.18. The molecular formula is C20H27NO7. The molecule has 154 valence electrons. The third-order valence-corrected chi connectivity index (χ3v) is 4.53. The minimum absolute atomic E-state index is 0.0959. The number of carbonyl (C=O) groups excluding carboxylic acids is 3. The van der Waals surface area contributed by atoms with Crippen molar-refractivity contribution >= 4 is 23.8 Å². The number of ether oxygens (including phenoxy) is 2. The van der Waals surface area contributed by atoms with Crippen molar-refractivity contribution in [2.75, 3.05) is 14.2 Å². The van der Waals surface area contributed by atoms with Gasteiger partial charge in [0.15, 0.2) is 5.92 Å². The van der Waals surface area contributed by atoms with Gasteiger partial charge in [0, 0.05) is 11.5 Å². The van der Waals surface area contributed by atoms with Gasteiger partial charge in [0.05, 0.1) is 14.2 Å². The van der Waals surface area contributed by atoms with Crippen LogP contribution >= 0.6 is 0 Å². The lowest BCUT2D eigenvalue weighted by atomic mass is 9.86. The average Bonchev–Trinajstić information content (AvgIpc) is 2.64. The number of carboxylic acids is 1. The summed E-state index contributed by atoms with van der Waals surface area (Å²) in [6, 6.07) is 5.27. The molecule has 0 saturated heterocycles. The van der Waals surface area contributed by atoms with Crippen LogP contribution in [-0.4, -0.2) is 49.2 Å². The molecule has 8 heteroatoms. The third kappa shape index (κ3) is 5.55. The predicted molar refractivity (Wildman–Crippen MR) is 101 cm³/mol. The van der Waals surface area contributed by atoms with Crippen LogP contribution in [0.15, 0.2) is 24.3 Å². The van der Waals surface area contributed by atoms with Gasteiger partial charge in [0.25, 0.3) is 5.91 Å². The van der Waals surface area contributed by atoms with Crippen LogP contribution in [0.5, 0.6) is 0 Å². The molecule has 0 heterocycles. The summed E-state index contributed by atoms with van der Waals surface area (Å²) >= 11 is 0. The summed E-state index contributed by atoms with van der Waals surface area (Å²) in [6.07, 6.45) is 0. The highest BCUT2D eigenvalue weighted by molar-refractivity contribution is 5.98. The minimum Gasteiger partial charge on any atom is -0.480 e. The van der Waals surface area contributed by atoms with E-state index in [-0.39, 0.29) is 11.0 Å². The third-order valence-electron chi connectivity index (χ3n) is 4.53. The Morgan fingerprint density at radius 3 is 1.79 bits per heavy atom. The molecule has 0 aliphatic rings. The first-order chi connectivity index (χ1) is 12.9. The molecule has 2 N–H and O–H groups in total. The van der Waals surface area contributed by atoms with Gasteiger partial charge < -0.3 is 19.9 Å². The summed E-state index contributed by atoms with van der Waals surface area (Å²) in [5, 5.41) is 11.9. The average molecular weight is 393 g/mol. The van der Waals surface area contributed by atoms with E-state index in [0.29, 0.717) is 0 Å². The lowest BCUT2D eigenvalue weighted by Gasteiger charge is -2.26. The van der Waals surface area contributed by atoms with Crippen molar-refractivity contribution in [3.8, 4) is 0 Å². The van der Waals surface area contributed by atoms with Crippen LogP contribution in [0, 0.1) is 11.8 Å². The van der Waals surface area contributed by atoms with E-state index in [0.717, 1.165) is 19.8 Å². The highest BCUT2D eigenvalue weighted by Gasteiger charge is 2.42. The number of rotatable bonds is 7. The number of carboxylic acid groups (broad SMARTS) is 1. The van der Waals surface area contributed by atoms with E-state index in [1.807, 2.05) is 20.8 Å². The Hall–Kier alpha value is -2.90. The Kier molecular flexibility index (Phi) is 7.72. The quantitative estimate of drug-likeness (QED) is 0.535. The molecule has 0 aliphatic heterocycles. The monoisotopic (exact) mass is 393 g/mol. The Labute approximate surface area is 164 Å². The second kappa shape index (κ2) is 9.34. The summed E-state index contributed by atoms with van der Waals surface area (Å²) < 4.78 is 9.15. The Morgan fingerprint density at radius 1 is 0.964 bits per heavy atom. The number of amides is 1. The van der Waals surface area contributed by atoms with Crippen LogP contribution in [0.4, 0.5) is 0 Å². The number of nitrogens with one attached hydrogen (secondary N) is 1. The van der Waals surface area contributed by atoms with E-state index in [1.54, 1.807) is 24.3 Å². The maximum Gasteiger partial charge on any atom is 0.326 e. The smallest absolute Gasteiger partial charge is 0.326 e. The van der Waals surface area contributed by atoms with Crippen LogP contribution in [0.1, 0.15) is 43.6 Å². The molecule has 0 aliphatic carbocycles. The van der Waals surface area contributed by atoms with Crippen LogP contribution in [-0.2, 0) is 29.3 Å². The number of aliphatic carboxylic acids is 1. The highest BCUT2D eigenvalue weighted by Crippen LogP contribution is 2.23. The summed E-state index contributed by atoms with van der Waals surface area (Å²) in [5.74, 6) is -6.48. The second-order valence-electron chi connectivity index (χ2n) is 7.50. The second-order valence-corrected chi connectivity index (χ2v) is 7.50. The van der Waals surface area contributed by atoms with Crippen molar-refractivity contribution in [1.29, 1.82) is 0 Å².